The number of rotatable bonds is 4. The third kappa shape index (κ3) is 3.63. The van der Waals surface area contributed by atoms with Crippen LogP contribution in [0.25, 0.3) is 10.4 Å². The summed E-state index contributed by atoms with van der Waals surface area (Å²) < 4.78 is 17.8. The Kier molecular flexibility index (Phi) is 4.64. The number of methoxy groups -OCH3 is 1. The van der Waals surface area contributed by atoms with E-state index in [2.05, 4.69) is 15.0 Å². The van der Waals surface area contributed by atoms with Crippen molar-refractivity contribution >= 4 is 23.2 Å². The summed E-state index contributed by atoms with van der Waals surface area (Å²) in [5.41, 5.74) is 0.746. The number of ether oxygens (including phenoxy) is 1. The highest BCUT2D eigenvalue weighted by Gasteiger charge is 2.19. The van der Waals surface area contributed by atoms with Crippen LogP contribution in [-0.4, -0.2) is 30.5 Å². The van der Waals surface area contributed by atoms with Gasteiger partial charge in [0, 0.05) is 0 Å². The largest absolute Gasteiger partial charge is 0.468 e. The van der Waals surface area contributed by atoms with Crippen LogP contribution < -0.4 is 5.32 Å². The van der Waals surface area contributed by atoms with Gasteiger partial charge < -0.3 is 10.1 Å². The Bertz CT molecular complexity index is 685. The number of carbonyl (C=O) groups is 2. The standard InChI is InChI=1S/C14H13FN2O3S/c1-8-17-12(14(19)16-7-11(18)20-2)13(21-8)9-4-3-5-10(15)6-9/h3-6H,7H2,1-2H3,(H,16,19). The lowest BCUT2D eigenvalue weighted by atomic mass is 10.1. The molecule has 0 bridgehead atoms. The van der Waals surface area contributed by atoms with Crippen LogP contribution in [0.5, 0.6) is 0 Å². The summed E-state index contributed by atoms with van der Waals surface area (Å²) >= 11 is 1.29. The Morgan fingerprint density at radius 3 is 2.86 bits per heavy atom. The number of benzene rings is 1. The first-order chi connectivity index (χ1) is 10.0. The van der Waals surface area contributed by atoms with E-state index in [9.17, 15) is 14.0 Å². The van der Waals surface area contributed by atoms with E-state index in [0.29, 0.717) is 15.4 Å². The number of aryl methyl sites for hydroxylation is 1. The van der Waals surface area contributed by atoms with Gasteiger partial charge in [-0.1, -0.05) is 12.1 Å². The van der Waals surface area contributed by atoms with Crippen molar-refractivity contribution in [2.45, 2.75) is 6.92 Å². The monoisotopic (exact) mass is 308 g/mol. The molecule has 1 heterocycles. The highest BCUT2D eigenvalue weighted by molar-refractivity contribution is 7.15. The number of aromatic nitrogens is 1. The van der Waals surface area contributed by atoms with Crippen molar-refractivity contribution in [2.75, 3.05) is 13.7 Å². The molecule has 0 aliphatic rings. The van der Waals surface area contributed by atoms with E-state index in [1.807, 2.05) is 0 Å². The van der Waals surface area contributed by atoms with E-state index >= 15 is 0 Å². The first kappa shape index (κ1) is 15.1. The summed E-state index contributed by atoms with van der Waals surface area (Å²) in [5.74, 6) is -1.44. The smallest absolute Gasteiger partial charge is 0.325 e. The van der Waals surface area contributed by atoms with Crippen molar-refractivity contribution in [1.82, 2.24) is 10.3 Å². The third-order valence-corrected chi connectivity index (χ3v) is 3.68. The summed E-state index contributed by atoms with van der Waals surface area (Å²) in [4.78, 5) is 27.9. The molecule has 0 unspecified atom stereocenters. The Morgan fingerprint density at radius 2 is 2.19 bits per heavy atom. The van der Waals surface area contributed by atoms with Crippen LogP contribution in [-0.2, 0) is 9.53 Å². The molecule has 7 heteroatoms. The average molecular weight is 308 g/mol. The maximum absolute atomic E-state index is 13.3. The summed E-state index contributed by atoms with van der Waals surface area (Å²) in [6.45, 7) is 1.51. The molecule has 0 aliphatic heterocycles. The molecule has 0 saturated carbocycles. The van der Waals surface area contributed by atoms with Gasteiger partial charge in [0.25, 0.3) is 5.91 Å². The Hall–Kier alpha value is -2.28. The van der Waals surface area contributed by atoms with Gasteiger partial charge in [-0.2, -0.15) is 0 Å². The number of esters is 1. The highest BCUT2D eigenvalue weighted by Crippen LogP contribution is 2.30. The fourth-order valence-corrected chi connectivity index (χ4v) is 2.63. The molecule has 1 N–H and O–H groups in total. The Balaban J connectivity index is 2.28. The van der Waals surface area contributed by atoms with Gasteiger partial charge in [-0.05, 0) is 24.6 Å². The van der Waals surface area contributed by atoms with Crippen LogP contribution >= 0.6 is 11.3 Å². The van der Waals surface area contributed by atoms with E-state index < -0.39 is 11.9 Å². The van der Waals surface area contributed by atoms with Crippen LogP contribution in [0.1, 0.15) is 15.5 Å². The third-order valence-electron chi connectivity index (χ3n) is 2.66. The van der Waals surface area contributed by atoms with E-state index in [0.717, 1.165) is 0 Å². The second kappa shape index (κ2) is 6.45. The highest BCUT2D eigenvalue weighted by atomic mass is 32.1. The molecule has 110 valence electrons. The summed E-state index contributed by atoms with van der Waals surface area (Å²) in [6, 6.07) is 5.93. The van der Waals surface area contributed by atoms with Crippen molar-refractivity contribution in [2.24, 2.45) is 0 Å². The van der Waals surface area contributed by atoms with Gasteiger partial charge in [-0.3, -0.25) is 9.59 Å². The number of hydrogen-bond donors (Lipinski definition) is 1. The number of hydrogen-bond acceptors (Lipinski definition) is 5. The Labute approximate surface area is 124 Å². The van der Waals surface area contributed by atoms with E-state index in [-0.39, 0.29) is 18.1 Å². The molecule has 1 amide bonds. The zero-order valence-electron chi connectivity index (χ0n) is 11.5. The number of halogens is 1. The van der Waals surface area contributed by atoms with E-state index in [1.165, 1.54) is 30.6 Å². The Morgan fingerprint density at radius 1 is 1.43 bits per heavy atom. The van der Waals surface area contributed by atoms with Gasteiger partial charge in [-0.25, -0.2) is 9.37 Å². The lowest BCUT2D eigenvalue weighted by molar-refractivity contribution is -0.139. The molecule has 0 atom stereocenters. The van der Waals surface area contributed by atoms with E-state index in [4.69, 9.17) is 0 Å². The van der Waals surface area contributed by atoms with Crippen LogP contribution in [0.3, 0.4) is 0 Å². The maximum Gasteiger partial charge on any atom is 0.325 e. The zero-order chi connectivity index (χ0) is 15.4. The predicted molar refractivity (Wildman–Crippen MR) is 76.6 cm³/mol. The molecule has 1 aromatic heterocycles. The van der Waals surface area contributed by atoms with Gasteiger partial charge in [0.05, 0.1) is 17.0 Å². The molecule has 2 aromatic rings. The number of nitrogens with zero attached hydrogens (tertiary/aromatic N) is 1. The second-order valence-electron chi connectivity index (χ2n) is 4.18. The van der Waals surface area contributed by atoms with Gasteiger partial charge in [0.2, 0.25) is 0 Å². The fourth-order valence-electron chi connectivity index (χ4n) is 1.71. The fraction of sp³-hybridized carbons (Fsp3) is 0.214. The maximum atomic E-state index is 13.3. The molecule has 2 rings (SSSR count). The molecular weight excluding hydrogens is 295 g/mol. The van der Waals surface area contributed by atoms with Crippen LogP contribution in [0, 0.1) is 12.7 Å². The first-order valence-corrected chi connectivity index (χ1v) is 6.91. The van der Waals surface area contributed by atoms with Crippen LogP contribution in [0.15, 0.2) is 24.3 Å². The zero-order valence-corrected chi connectivity index (χ0v) is 12.3. The predicted octanol–water partition coefficient (Wildman–Crippen LogP) is 2.16. The minimum Gasteiger partial charge on any atom is -0.468 e. The normalized spacial score (nSPS) is 10.2. The molecule has 5 nitrogen and oxygen atoms in total. The van der Waals surface area contributed by atoms with Crippen molar-refractivity contribution in [3.8, 4) is 10.4 Å². The van der Waals surface area contributed by atoms with Crippen molar-refractivity contribution < 1.29 is 18.7 Å². The first-order valence-electron chi connectivity index (χ1n) is 6.09. The lowest BCUT2D eigenvalue weighted by Gasteiger charge is -2.04. The summed E-state index contributed by atoms with van der Waals surface area (Å²) in [7, 11) is 1.24. The SMILES string of the molecule is COC(=O)CNC(=O)c1nc(C)sc1-c1cccc(F)c1. The van der Waals surface area contributed by atoms with Crippen LogP contribution in [0.4, 0.5) is 4.39 Å². The van der Waals surface area contributed by atoms with Crippen molar-refractivity contribution in [3.05, 3.63) is 40.8 Å². The molecular formula is C14H13FN2O3S. The molecule has 0 fully saturated rings. The second-order valence-corrected chi connectivity index (χ2v) is 5.38. The van der Waals surface area contributed by atoms with Gasteiger partial charge in [0.1, 0.15) is 18.1 Å². The summed E-state index contributed by atoms with van der Waals surface area (Å²) in [6.07, 6.45) is 0. The number of carbonyl (C=O) groups excluding carboxylic acids is 2. The number of thiazole rings is 1. The van der Waals surface area contributed by atoms with Crippen molar-refractivity contribution in [3.63, 3.8) is 0 Å². The molecule has 0 aliphatic carbocycles. The molecule has 0 radical (unpaired) electrons. The molecule has 1 aromatic carbocycles. The topological polar surface area (TPSA) is 68.3 Å². The minimum atomic E-state index is -0.553. The quantitative estimate of drug-likeness (QED) is 0.879. The van der Waals surface area contributed by atoms with Gasteiger partial charge >= 0.3 is 5.97 Å². The van der Waals surface area contributed by atoms with Gasteiger partial charge in [0.15, 0.2) is 0 Å². The number of nitrogens with one attached hydrogen (secondary N) is 1. The number of amides is 1. The molecule has 21 heavy (non-hydrogen) atoms. The van der Waals surface area contributed by atoms with E-state index in [1.54, 1.807) is 19.1 Å². The summed E-state index contributed by atoms with van der Waals surface area (Å²) in [5, 5.41) is 3.10. The van der Waals surface area contributed by atoms with Crippen LogP contribution in [0.2, 0.25) is 0 Å². The molecule has 0 spiro atoms. The average Bonchev–Trinajstić information content (AvgIpc) is 2.86. The van der Waals surface area contributed by atoms with Crippen molar-refractivity contribution in [1.29, 1.82) is 0 Å². The minimum absolute atomic E-state index is 0.173. The molecule has 0 saturated heterocycles. The lowest BCUT2D eigenvalue weighted by Crippen LogP contribution is -2.30. The van der Waals surface area contributed by atoms with Gasteiger partial charge in [-0.15, -0.1) is 11.3 Å².